The van der Waals surface area contributed by atoms with E-state index in [0.29, 0.717) is 17.1 Å². The Hall–Kier alpha value is -3.76. The summed E-state index contributed by atoms with van der Waals surface area (Å²) in [6.07, 6.45) is -0.519. The van der Waals surface area contributed by atoms with E-state index in [1.54, 1.807) is 6.07 Å². The number of amidine groups is 1. The molecule has 0 unspecified atom stereocenters. The molecule has 7 nitrogen and oxygen atoms in total. The number of hydrazone groups is 1. The van der Waals surface area contributed by atoms with Gasteiger partial charge in [0.15, 0.2) is 11.6 Å². The van der Waals surface area contributed by atoms with Crippen LogP contribution in [0.4, 0.5) is 17.6 Å². The maximum Gasteiger partial charge on any atom is 0.416 e. The third-order valence-corrected chi connectivity index (χ3v) is 5.71. The second-order valence-corrected chi connectivity index (χ2v) is 8.18. The van der Waals surface area contributed by atoms with Crippen LogP contribution in [0.3, 0.4) is 0 Å². The fourth-order valence-corrected chi connectivity index (χ4v) is 3.85. The monoisotopic (exact) mass is 489 g/mol. The third-order valence-electron chi connectivity index (χ3n) is 5.71. The second kappa shape index (κ2) is 10.2. The molecule has 11 heteroatoms. The number of aliphatic imine (C=N–C) groups is 2. The van der Waals surface area contributed by atoms with Crippen molar-refractivity contribution in [2.24, 2.45) is 15.1 Å². The number of rotatable bonds is 4. The second-order valence-electron chi connectivity index (χ2n) is 8.18. The van der Waals surface area contributed by atoms with Gasteiger partial charge in [-0.15, -0.1) is 0 Å². The number of carbonyl (C=O) groups is 1. The van der Waals surface area contributed by atoms with Gasteiger partial charge < -0.3 is 4.74 Å². The molecule has 35 heavy (non-hydrogen) atoms. The van der Waals surface area contributed by atoms with Crippen molar-refractivity contribution in [1.82, 2.24) is 10.7 Å². The predicted molar refractivity (Wildman–Crippen MR) is 123 cm³/mol. The number of nitrogens with zero attached hydrogens (tertiary/aromatic N) is 3. The van der Waals surface area contributed by atoms with Gasteiger partial charge in [-0.05, 0) is 55.3 Å². The number of methoxy groups -OCH3 is 1. The molecule has 0 radical (unpaired) electrons. The van der Waals surface area contributed by atoms with Crippen LogP contribution in [0.15, 0.2) is 57.6 Å². The number of ether oxygens (including phenoxy) is 1. The van der Waals surface area contributed by atoms with Gasteiger partial charge in [0.1, 0.15) is 5.84 Å². The summed E-state index contributed by atoms with van der Waals surface area (Å²) in [5.41, 5.74) is 3.06. The Morgan fingerprint density at radius 2 is 1.86 bits per heavy atom. The first-order valence-electron chi connectivity index (χ1n) is 11.0. The summed E-state index contributed by atoms with van der Waals surface area (Å²) in [4.78, 5) is 21.7. The van der Waals surface area contributed by atoms with Crippen LogP contribution in [0.1, 0.15) is 53.6 Å². The highest BCUT2D eigenvalue weighted by Crippen LogP contribution is 2.29. The Labute approximate surface area is 199 Å². The minimum absolute atomic E-state index is 0.0141. The van der Waals surface area contributed by atoms with E-state index in [4.69, 9.17) is 4.74 Å². The van der Waals surface area contributed by atoms with Crippen LogP contribution in [0.25, 0.3) is 0 Å². The molecular formula is C24H23F4N5O2. The molecule has 1 fully saturated rings. The SMILES string of the molecule is COc1ccc(C2=NNC(=NC(=NC3CCCC3)NC(=O)c3ccc(C(F)(F)F)cc3)C2)cc1F. The van der Waals surface area contributed by atoms with Gasteiger partial charge in [-0.25, -0.2) is 9.38 Å². The molecule has 1 amide bonds. The van der Waals surface area contributed by atoms with E-state index in [2.05, 4.69) is 25.8 Å². The number of benzene rings is 2. The molecule has 1 aliphatic carbocycles. The molecule has 4 rings (SSSR count). The molecule has 2 N–H and O–H groups in total. The Morgan fingerprint density at radius 3 is 2.49 bits per heavy atom. The molecule has 0 spiro atoms. The van der Waals surface area contributed by atoms with Gasteiger partial charge in [0, 0.05) is 11.1 Å². The average Bonchev–Trinajstić information content (AvgIpc) is 3.51. The van der Waals surface area contributed by atoms with Crippen LogP contribution in [0.2, 0.25) is 0 Å². The summed E-state index contributed by atoms with van der Waals surface area (Å²) >= 11 is 0. The number of alkyl halides is 3. The highest BCUT2D eigenvalue weighted by atomic mass is 19.4. The van der Waals surface area contributed by atoms with Gasteiger partial charge >= 0.3 is 6.18 Å². The van der Waals surface area contributed by atoms with Crippen molar-refractivity contribution < 1.29 is 27.1 Å². The summed E-state index contributed by atoms with van der Waals surface area (Å²) < 4.78 is 57.5. The third kappa shape index (κ3) is 6.03. The van der Waals surface area contributed by atoms with E-state index in [1.807, 2.05) is 0 Å². The lowest BCUT2D eigenvalue weighted by molar-refractivity contribution is -0.137. The number of nitrogens with one attached hydrogen (secondary N) is 2. The van der Waals surface area contributed by atoms with Crippen LogP contribution in [-0.2, 0) is 6.18 Å². The van der Waals surface area contributed by atoms with Crippen LogP contribution < -0.4 is 15.5 Å². The van der Waals surface area contributed by atoms with Crippen molar-refractivity contribution in [2.45, 2.75) is 44.3 Å². The van der Waals surface area contributed by atoms with E-state index in [0.717, 1.165) is 49.9 Å². The fourth-order valence-electron chi connectivity index (χ4n) is 3.85. The van der Waals surface area contributed by atoms with Crippen molar-refractivity contribution in [1.29, 1.82) is 0 Å². The number of guanidine groups is 1. The van der Waals surface area contributed by atoms with E-state index in [-0.39, 0.29) is 29.7 Å². The van der Waals surface area contributed by atoms with E-state index >= 15 is 0 Å². The smallest absolute Gasteiger partial charge is 0.416 e. The van der Waals surface area contributed by atoms with Gasteiger partial charge in [0.05, 0.1) is 30.8 Å². The zero-order valence-corrected chi connectivity index (χ0v) is 18.8. The van der Waals surface area contributed by atoms with E-state index in [1.165, 1.54) is 19.2 Å². The maximum absolute atomic E-state index is 14.1. The lowest BCUT2D eigenvalue weighted by Crippen LogP contribution is -2.32. The van der Waals surface area contributed by atoms with Crippen molar-refractivity contribution in [3.63, 3.8) is 0 Å². The Morgan fingerprint density at radius 1 is 1.14 bits per heavy atom. The molecule has 2 aromatic carbocycles. The Kier molecular flexibility index (Phi) is 7.13. The summed E-state index contributed by atoms with van der Waals surface area (Å²) in [7, 11) is 1.38. The minimum Gasteiger partial charge on any atom is -0.494 e. The van der Waals surface area contributed by atoms with Gasteiger partial charge in [0.2, 0.25) is 5.96 Å². The molecule has 1 saturated carbocycles. The zero-order chi connectivity index (χ0) is 25.0. The standard InChI is InChI=1S/C24H23F4N5O2/c1-35-20-11-8-15(12-18(20)25)19-13-21(33-32-19)30-23(29-17-4-2-3-5-17)31-22(34)14-6-9-16(10-7-14)24(26,27)28/h6-12,17H,2-5,13H2,1H3,(H2,29,30,31,33,34). The van der Waals surface area contributed by atoms with Gasteiger partial charge in [-0.3, -0.25) is 15.5 Å². The summed E-state index contributed by atoms with van der Waals surface area (Å²) in [5, 5.41) is 6.79. The van der Waals surface area contributed by atoms with Crippen LogP contribution in [0.5, 0.6) is 5.75 Å². The van der Waals surface area contributed by atoms with Gasteiger partial charge in [-0.1, -0.05) is 12.8 Å². The molecule has 0 bridgehead atoms. The minimum atomic E-state index is -4.49. The molecule has 2 aliphatic rings. The van der Waals surface area contributed by atoms with Gasteiger partial charge in [-0.2, -0.15) is 23.3 Å². The van der Waals surface area contributed by atoms with Crippen molar-refractivity contribution in [3.8, 4) is 5.75 Å². The number of hydrogen-bond acceptors (Lipinski definition) is 4. The predicted octanol–water partition coefficient (Wildman–Crippen LogP) is 4.68. The molecule has 1 heterocycles. The lowest BCUT2D eigenvalue weighted by Gasteiger charge is -2.10. The fraction of sp³-hybridized carbons (Fsp3) is 0.333. The first-order chi connectivity index (χ1) is 16.7. The molecule has 2 aromatic rings. The summed E-state index contributed by atoms with van der Waals surface area (Å²) in [5.74, 6) is -0.602. The number of amides is 1. The highest BCUT2D eigenvalue weighted by molar-refractivity contribution is 6.18. The largest absolute Gasteiger partial charge is 0.494 e. The van der Waals surface area contributed by atoms with Crippen molar-refractivity contribution in [2.75, 3.05) is 7.11 Å². The van der Waals surface area contributed by atoms with E-state index < -0.39 is 23.5 Å². The first-order valence-corrected chi connectivity index (χ1v) is 11.0. The summed E-state index contributed by atoms with van der Waals surface area (Å²) in [6, 6.07) is 8.37. The molecule has 0 saturated heterocycles. The number of carbonyl (C=O) groups excluding carboxylic acids is 1. The quantitative estimate of drug-likeness (QED) is 0.372. The molecule has 0 aromatic heterocycles. The molecule has 0 atom stereocenters. The maximum atomic E-state index is 14.1. The van der Waals surface area contributed by atoms with Crippen LogP contribution in [0, 0.1) is 5.82 Å². The average molecular weight is 489 g/mol. The van der Waals surface area contributed by atoms with Crippen LogP contribution in [-0.4, -0.2) is 36.6 Å². The summed E-state index contributed by atoms with van der Waals surface area (Å²) in [6.45, 7) is 0. The normalized spacial score (nSPS) is 17.9. The zero-order valence-electron chi connectivity index (χ0n) is 18.8. The Balaban J connectivity index is 1.50. The van der Waals surface area contributed by atoms with Gasteiger partial charge in [0.25, 0.3) is 5.91 Å². The van der Waals surface area contributed by atoms with Crippen molar-refractivity contribution in [3.05, 3.63) is 65.0 Å². The molecule has 184 valence electrons. The number of halogens is 4. The highest BCUT2D eigenvalue weighted by Gasteiger charge is 2.30. The molecular weight excluding hydrogens is 466 g/mol. The van der Waals surface area contributed by atoms with Crippen molar-refractivity contribution >= 4 is 23.4 Å². The topological polar surface area (TPSA) is 87.4 Å². The molecule has 1 aliphatic heterocycles. The van der Waals surface area contributed by atoms with E-state index in [9.17, 15) is 22.4 Å². The van der Waals surface area contributed by atoms with Crippen LogP contribution >= 0.6 is 0 Å². The Bertz CT molecular complexity index is 1180. The first kappa shape index (κ1) is 24.4. The number of hydrogen-bond donors (Lipinski definition) is 2. The lowest BCUT2D eigenvalue weighted by atomic mass is 10.1.